The Bertz CT molecular complexity index is 1150. The molecule has 0 radical (unpaired) electrons. The summed E-state index contributed by atoms with van der Waals surface area (Å²) in [7, 11) is 1.44. The van der Waals surface area contributed by atoms with E-state index in [2.05, 4.69) is 30.5 Å². The van der Waals surface area contributed by atoms with E-state index >= 15 is 0 Å². The highest BCUT2D eigenvalue weighted by atomic mass is 19.2. The number of nitrogens with one attached hydrogen (secondary N) is 1. The highest BCUT2D eigenvalue weighted by molar-refractivity contribution is 6.00. The lowest BCUT2D eigenvalue weighted by Gasteiger charge is -2.10. The summed E-state index contributed by atoms with van der Waals surface area (Å²) in [6.45, 7) is 0. The van der Waals surface area contributed by atoms with E-state index in [-0.39, 0.29) is 22.6 Å². The normalized spacial score (nSPS) is 11.1. The molecule has 3 rings (SSSR count). The van der Waals surface area contributed by atoms with Crippen LogP contribution in [0.3, 0.4) is 0 Å². The van der Waals surface area contributed by atoms with Crippen molar-refractivity contribution in [3.63, 3.8) is 0 Å². The van der Waals surface area contributed by atoms with Crippen LogP contribution in [0.2, 0.25) is 0 Å². The summed E-state index contributed by atoms with van der Waals surface area (Å²) < 4.78 is 26.6. The van der Waals surface area contributed by atoms with Crippen molar-refractivity contribution >= 4 is 17.5 Å². The predicted octanol–water partition coefficient (Wildman–Crippen LogP) is 3.26. The Hall–Kier alpha value is -4.28. The Morgan fingerprint density at radius 3 is 2.57 bits per heavy atom. The molecule has 0 saturated heterocycles. The molecule has 0 aliphatic carbocycles. The van der Waals surface area contributed by atoms with E-state index in [4.69, 9.17) is 0 Å². The zero-order valence-electron chi connectivity index (χ0n) is 15.3. The molecule has 2 heterocycles. The second kappa shape index (κ2) is 8.82. The lowest BCUT2D eigenvalue weighted by atomic mass is 10.1. The van der Waals surface area contributed by atoms with Gasteiger partial charge in [0.2, 0.25) is 0 Å². The molecule has 0 saturated carbocycles. The monoisotopic (exact) mass is 413 g/mol. The maximum absolute atomic E-state index is 13.4. The molecule has 0 aliphatic rings. The van der Waals surface area contributed by atoms with E-state index in [1.165, 1.54) is 37.6 Å². The van der Waals surface area contributed by atoms with Crippen LogP contribution in [-0.2, 0) is 4.84 Å². The lowest BCUT2D eigenvalue weighted by molar-refractivity contribution is 0.0958. The van der Waals surface area contributed by atoms with Gasteiger partial charge in [-0.3, -0.25) is 14.8 Å². The summed E-state index contributed by atoms with van der Waals surface area (Å²) in [6.07, 6.45) is 2.65. The maximum Gasteiger partial charge on any atom is 0.269 e. The second-order valence-corrected chi connectivity index (χ2v) is 5.75. The van der Waals surface area contributed by atoms with E-state index in [1.807, 2.05) is 0 Å². The van der Waals surface area contributed by atoms with Gasteiger partial charge in [-0.25, -0.2) is 13.8 Å². The number of pyridine rings is 2. The molecule has 2 N–H and O–H groups in total. The number of aromatic hydroxyl groups is 1. The standard InChI is InChI=1S/C19H13F2N5O4/c1-22-18(28)15-8-10(4-6-23-15)16-17(27)12(5-7-24-16)19(30-26-29)25-11-2-3-13(20)14(21)9-11/h2-9,27H,1H3,(H,22,28)/b25-19-. The number of amides is 1. The summed E-state index contributed by atoms with van der Waals surface area (Å²) in [4.78, 5) is 39.0. The highest BCUT2D eigenvalue weighted by Gasteiger charge is 2.19. The number of rotatable bonds is 5. The van der Waals surface area contributed by atoms with Crippen molar-refractivity contribution in [2.24, 2.45) is 10.3 Å². The van der Waals surface area contributed by atoms with Gasteiger partial charge in [-0.2, -0.15) is 0 Å². The first-order chi connectivity index (χ1) is 14.4. The molecule has 2 aromatic heterocycles. The van der Waals surface area contributed by atoms with Gasteiger partial charge in [-0.05, 0) is 30.3 Å². The summed E-state index contributed by atoms with van der Waals surface area (Å²) in [5.41, 5.74) is 0.281. The molecule has 0 aliphatic heterocycles. The second-order valence-electron chi connectivity index (χ2n) is 5.75. The van der Waals surface area contributed by atoms with E-state index in [0.717, 1.165) is 18.2 Å². The number of hydrogen-bond donors (Lipinski definition) is 2. The number of aromatic nitrogens is 2. The van der Waals surface area contributed by atoms with Gasteiger partial charge in [-0.1, -0.05) is 0 Å². The summed E-state index contributed by atoms with van der Waals surface area (Å²) in [5.74, 6) is -3.60. The number of hydrogen-bond acceptors (Lipinski definition) is 8. The molecule has 1 aromatic carbocycles. The molecule has 11 heteroatoms. The summed E-state index contributed by atoms with van der Waals surface area (Å²) in [6, 6.07) is 6.95. The Kier molecular flexibility index (Phi) is 6.01. The van der Waals surface area contributed by atoms with Crippen LogP contribution in [-0.4, -0.2) is 33.9 Å². The van der Waals surface area contributed by atoms with Crippen molar-refractivity contribution in [2.75, 3.05) is 7.05 Å². The molecule has 0 atom stereocenters. The first kappa shape index (κ1) is 20.5. The van der Waals surface area contributed by atoms with Crippen LogP contribution in [0.5, 0.6) is 5.75 Å². The Labute approximate surface area is 168 Å². The van der Waals surface area contributed by atoms with Gasteiger partial charge in [0.1, 0.15) is 11.4 Å². The first-order valence-electron chi connectivity index (χ1n) is 8.35. The average Bonchev–Trinajstić information content (AvgIpc) is 2.75. The number of carbonyl (C=O) groups excluding carboxylic acids is 1. The van der Waals surface area contributed by atoms with Crippen LogP contribution >= 0.6 is 0 Å². The molecular weight excluding hydrogens is 400 g/mol. The van der Waals surface area contributed by atoms with Gasteiger partial charge in [0.25, 0.3) is 11.8 Å². The number of carbonyl (C=O) groups is 1. The van der Waals surface area contributed by atoms with E-state index in [0.29, 0.717) is 5.56 Å². The fourth-order valence-corrected chi connectivity index (χ4v) is 2.50. The molecule has 0 bridgehead atoms. The molecule has 0 fully saturated rings. The SMILES string of the molecule is CNC(=O)c1cc(-c2nccc(/C(=N/c3ccc(F)c(F)c3)ON=O)c2O)ccn1. The molecule has 0 unspecified atom stereocenters. The Morgan fingerprint density at radius 1 is 1.10 bits per heavy atom. The molecule has 3 aromatic rings. The van der Waals surface area contributed by atoms with E-state index in [1.54, 1.807) is 0 Å². The van der Waals surface area contributed by atoms with Gasteiger partial charge < -0.3 is 15.3 Å². The quantitative estimate of drug-likeness (QED) is 0.286. The van der Waals surface area contributed by atoms with Gasteiger partial charge in [0.15, 0.2) is 22.7 Å². The van der Waals surface area contributed by atoms with Gasteiger partial charge >= 0.3 is 0 Å². The van der Waals surface area contributed by atoms with Crippen LogP contribution in [0.25, 0.3) is 11.3 Å². The minimum Gasteiger partial charge on any atom is -0.505 e. The number of benzene rings is 1. The smallest absolute Gasteiger partial charge is 0.269 e. The fourth-order valence-electron chi connectivity index (χ4n) is 2.50. The molecule has 30 heavy (non-hydrogen) atoms. The van der Waals surface area contributed by atoms with E-state index in [9.17, 15) is 23.6 Å². The summed E-state index contributed by atoms with van der Waals surface area (Å²) >= 11 is 0. The average molecular weight is 413 g/mol. The van der Waals surface area contributed by atoms with Crippen molar-refractivity contribution in [1.82, 2.24) is 15.3 Å². The maximum atomic E-state index is 13.4. The largest absolute Gasteiger partial charge is 0.505 e. The Balaban J connectivity index is 2.09. The first-order valence-corrected chi connectivity index (χ1v) is 8.35. The third-order valence-corrected chi connectivity index (χ3v) is 3.91. The van der Waals surface area contributed by atoms with Gasteiger partial charge in [0.05, 0.1) is 11.3 Å². The van der Waals surface area contributed by atoms with E-state index < -0.39 is 29.2 Å². The van der Waals surface area contributed by atoms with Crippen molar-refractivity contribution in [2.45, 2.75) is 0 Å². The number of nitrogens with zero attached hydrogens (tertiary/aromatic N) is 4. The zero-order valence-corrected chi connectivity index (χ0v) is 15.3. The van der Waals surface area contributed by atoms with Gasteiger partial charge in [-0.15, -0.1) is 4.91 Å². The third-order valence-electron chi connectivity index (χ3n) is 3.91. The molecule has 152 valence electrons. The predicted molar refractivity (Wildman–Crippen MR) is 102 cm³/mol. The van der Waals surface area contributed by atoms with Crippen LogP contribution < -0.4 is 5.32 Å². The lowest BCUT2D eigenvalue weighted by Crippen LogP contribution is -2.19. The van der Waals surface area contributed by atoms with Gasteiger partial charge in [0, 0.05) is 31.1 Å². The van der Waals surface area contributed by atoms with Crippen LogP contribution in [0.4, 0.5) is 14.5 Å². The van der Waals surface area contributed by atoms with Crippen molar-refractivity contribution in [1.29, 1.82) is 0 Å². The Morgan fingerprint density at radius 2 is 1.87 bits per heavy atom. The van der Waals surface area contributed by atoms with Crippen LogP contribution in [0.1, 0.15) is 16.1 Å². The van der Waals surface area contributed by atoms with Crippen LogP contribution in [0.15, 0.2) is 59.1 Å². The molecule has 9 nitrogen and oxygen atoms in total. The van der Waals surface area contributed by atoms with Crippen molar-refractivity contribution < 1.29 is 23.5 Å². The topological polar surface area (TPSA) is 126 Å². The number of halogens is 2. The molecular formula is C19H13F2N5O4. The van der Waals surface area contributed by atoms with Crippen LogP contribution in [0, 0.1) is 16.5 Å². The minimum absolute atomic E-state index is 0.0348. The molecule has 0 spiro atoms. The zero-order chi connectivity index (χ0) is 21.7. The third kappa shape index (κ3) is 4.24. The highest BCUT2D eigenvalue weighted by Crippen LogP contribution is 2.31. The van der Waals surface area contributed by atoms with Crippen molar-refractivity contribution in [3.05, 3.63) is 76.6 Å². The molecule has 1 amide bonds. The van der Waals surface area contributed by atoms with Crippen molar-refractivity contribution in [3.8, 4) is 17.0 Å². The summed E-state index contributed by atoms with van der Waals surface area (Å²) in [5, 5.41) is 15.4. The fraction of sp³-hybridized carbons (Fsp3) is 0.0526. The minimum atomic E-state index is -1.16. The number of aliphatic imine (C=N–C) groups is 1.